The first-order valence-corrected chi connectivity index (χ1v) is 5.80. The average molecular weight is 255 g/mol. The maximum Gasteiger partial charge on any atom is 0.117 e. The van der Waals surface area contributed by atoms with Gasteiger partial charge in [0.15, 0.2) is 0 Å². The summed E-state index contributed by atoms with van der Waals surface area (Å²) >= 11 is 3.53. The minimum atomic E-state index is 0.114. The molecule has 1 heterocycles. The summed E-state index contributed by atoms with van der Waals surface area (Å²) in [6.07, 6.45) is 4.22. The number of aromatic nitrogens is 2. The van der Waals surface area contributed by atoms with Gasteiger partial charge in [0.1, 0.15) is 10.9 Å². The zero-order valence-corrected chi connectivity index (χ0v) is 10.4. The van der Waals surface area contributed by atoms with E-state index in [4.69, 9.17) is 0 Å². The lowest BCUT2D eigenvalue weighted by molar-refractivity contribution is 0.556. The largest absolute Gasteiger partial charge is 0.240 e. The molecule has 0 aliphatic heterocycles. The lowest BCUT2D eigenvalue weighted by Gasteiger charge is -2.21. The molecule has 0 unspecified atom stereocenters. The van der Waals surface area contributed by atoms with Gasteiger partial charge in [-0.2, -0.15) is 0 Å². The molecule has 2 rings (SSSR count). The topological polar surface area (TPSA) is 25.8 Å². The third-order valence-electron chi connectivity index (χ3n) is 2.53. The van der Waals surface area contributed by atoms with Crippen molar-refractivity contribution in [3.8, 4) is 0 Å². The van der Waals surface area contributed by atoms with Crippen LogP contribution in [0.3, 0.4) is 0 Å². The molecule has 0 N–H and O–H groups in total. The van der Waals surface area contributed by atoms with Crippen molar-refractivity contribution in [2.24, 2.45) is 0 Å². The maximum absolute atomic E-state index is 4.43. The van der Waals surface area contributed by atoms with Crippen LogP contribution >= 0.6 is 15.9 Å². The summed E-state index contributed by atoms with van der Waals surface area (Å²) in [6.45, 7) is 6.61. The highest BCUT2D eigenvalue weighted by atomic mass is 79.9. The van der Waals surface area contributed by atoms with Gasteiger partial charge in [-0.05, 0) is 34.7 Å². The van der Waals surface area contributed by atoms with Crippen LogP contribution < -0.4 is 0 Å². The zero-order valence-electron chi connectivity index (χ0n) is 8.84. The minimum Gasteiger partial charge on any atom is -0.240 e. The normalized spacial score (nSPS) is 17.1. The smallest absolute Gasteiger partial charge is 0.117 e. The van der Waals surface area contributed by atoms with Crippen LogP contribution in [0, 0.1) is 0 Å². The highest BCUT2D eigenvalue weighted by Crippen LogP contribution is 2.46. The quantitative estimate of drug-likeness (QED) is 0.718. The molecule has 76 valence electrons. The summed E-state index contributed by atoms with van der Waals surface area (Å²) in [5.74, 6) is 0.694. The van der Waals surface area contributed by atoms with E-state index in [2.05, 4.69) is 46.7 Å². The van der Waals surface area contributed by atoms with Crippen molar-refractivity contribution in [1.29, 1.82) is 0 Å². The van der Waals surface area contributed by atoms with Gasteiger partial charge in [-0.1, -0.05) is 20.8 Å². The van der Waals surface area contributed by atoms with Crippen molar-refractivity contribution in [3.05, 3.63) is 22.2 Å². The third-order valence-corrected chi connectivity index (χ3v) is 3.16. The predicted molar refractivity (Wildman–Crippen MR) is 60.4 cm³/mol. The second-order valence-corrected chi connectivity index (χ2v) is 5.70. The fraction of sp³-hybridized carbons (Fsp3) is 0.636. The molecule has 0 aromatic carbocycles. The number of hydrogen-bond acceptors (Lipinski definition) is 2. The van der Waals surface area contributed by atoms with E-state index < -0.39 is 0 Å². The molecule has 1 aromatic heterocycles. The van der Waals surface area contributed by atoms with Gasteiger partial charge < -0.3 is 0 Å². The van der Waals surface area contributed by atoms with E-state index in [1.807, 2.05) is 0 Å². The molecule has 1 saturated carbocycles. The Labute approximate surface area is 93.3 Å². The van der Waals surface area contributed by atoms with Crippen LogP contribution in [0.2, 0.25) is 0 Å². The second-order valence-electron chi connectivity index (χ2n) is 4.95. The van der Waals surface area contributed by atoms with Crippen LogP contribution in [-0.4, -0.2) is 9.97 Å². The van der Waals surface area contributed by atoms with Gasteiger partial charge in [0.05, 0.1) is 5.69 Å². The van der Waals surface area contributed by atoms with Crippen molar-refractivity contribution >= 4 is 15.9 Å². The predicted octanol–water partition coefficient (Wildman–Crippen LogP) is 3.41. The molecular formula is C11H15BrN2. The van der Waals surface area contributed by atoms with Gasteiger partial charge in [0.25, 0.3) is 0 Å². The SMILES string of the molecule is CC(C)(C)c1ncnc(Br)c1C1CC1. The highest BCUT2D eigenvalue weighted by molar-refractivity contribution is 9.10. The molecule has 1 fully saturated rings. The van der Waals surface area contributed by atoms with Crippen LogP contribution in [0.15, 0.2) is 10.9 Å². The van der Waals surface area contributed by atoms with E-state index in [0.29, 0.717) is 5.92 Å². The van der Waals surface area contributed by atoms with Crippen LogP contribution in [0.4, 0.5) is 0 Å². The Balaban J connectivity index is 2.53. The molecule has 1 aliphatic carbocycles. The molecular weight excluding hydrogens is 240 g/mol. The first-order valence-electron chi connectivity index (χ1n) is 5.01. The van der Waals surface area contributed by atoms with Crippen LogP contribution in [-0.2, 0) is 5.41 Å². The van der Waals surface area contributed by atoms with Gasteiger partial charge >= 0.3 is 0 Å². The molecule has 1 aliphatic rings. The van der Waals surface area contributed by atoms with E-state index in [-0.39, 0.29) is 5.41 Å². The molecule has 2 nitrogen and oxygen atoms in total. The van der Waals surface area contributed by atoms with Crippen molar-refractivity contribution in [3.63, 3.8) is 0 Å². The number of nitrogens with zero attached hydrogens (tertiary/aromatic N) is 2. The summed E-state index contributed by atoms with van der Waals surface area (Å²) in [4.78, 5) is 8.65. The maximum atomic E-state index is 4.43. The Morgan fingerprint density at radius 2 is 1.93 bits per heavy atom. The van der Waals surface area contributed by atoms with Gasteiger partial charge in [-0.25, -0.2) is 9.97 Å². The van der Waals surface area contributed by atoms with E-state index >= 15 is 0 Å². The number of hydrogen-bond donors (Lipinski definition) is 0. The van der Waals surface area contributed by atoms with Crippen LogP contribution in [0.1, 0.15) is 50.8 Å². The Morgan fingerprint density at radius 1 is 1.29 bits per heavy atom. The van der Waals surface area contributed by atoms with Crippen molar-refractivity contribution in [2.75, 3.05) is 0 Å². The number of halogens is 1. The summed E-state index contributed by atoms with van der Waals surface area (Å²) in [5, 5.41) is 0. The van der Waals surface area contributed by atoms with Crippen LogP contribution in [0.5, 0.6) is 0 Å². The Hall–Kier alpha value is -0.440. The van der Waals surface area contributed by atoms with Gasteiger partial charge in [0.2, 0.25) is 0 Å². The van der Waals surface area contributed by atoms with Crippen molar-refractivity contribution < 1.29 is 0 Å². The summed E-state index contributed by atoms with van der Waals surface area (Å²) in [7, 11) is 0. The summed E-state index contributed by atoms with van der Waals surface area (Å²) < 4.78 is 0.986. The second kappa shape index (κ2) is 3.30. The first kappa shape index (κ1) is 10.1. The summed E-state index contributed by atoms with van der Waals surface area (Å²) in [5.41, 5.74) is 2.64. The summed E-state index contributed by atoms with van der Waals surface area (Å²) in [6, 6.07) is 0. The molecule has 0 saturated heterocycles. The highest BCUT2D eigenvalue weighted by Gasteiger charge is 2.33. The molecule has 0 radical (unpaired) electrons. The fourth-order valence-corrected chi connectivity index (χ4v) is 2.31. The monoisotopic (exact) mass is 254 g/mol. The van der Waals surface area contributed by atoms with Gasteiger partial charge in [-0.3, -0.25) is 0 Å². The van der Waals surface area contributed by atoms with E-state index in [9.17, 15) is 0 Å². The lowest BCUT2D eigenvalue weighted by Crippen LogP contribution is -2.17. The molecule has 0 spiro atoms. The molecule has 0 amide bonds. The van der Waals surface area contributed by atoms with Gasteiger partial charge in [-0.15, -0.1) is 0 Å². The molecule has 0 bridgehead atoms. The molecule has 0 atom stereocenters. The third kappa shape index (κ3) is 1.83. The minimum absolute atomic E-state index is 0.114. The van der Waals surface area contributed by atoms with Crippen molar-refractivity contribution in [2.45, 2.75) is 44.9 Å². The Kier molecular flexibility index (Phi) is 2.38. The van der Waals surface area contributed by atoms with Crippen molar-refractivity contribution in [1.82, 2.24) is 9.97 Å². The number of rotatable bonds is 1. The zero-order chi connectivity index (χ0) is 10.3. The molecule has 3 heteroatoms. The Morgan fingerprint density at radius 3 is 2.43 bits per heavy atom. The Bertz CT molecular complexity index is 351. The van der Waals surface area contributed by atoms with E-state index in [1.165, 1.54) is 24.1 Å². The van der Waals surface area contributed by atoms with Crippen LogP contribution in [0.25, 0.3) is 0 Å². The van der Waals surface area contributed by atoms with E-state index in [1.54, 1.807) is 6.33 Å². The average Bonchev–Trinajstić information content (AvgIpc) is 2.85. The molecule has 14 heavy (non-hydrogen) atoms. The van der Waals surface area contributed by atoms with Gasteiger partial charge in [0, 0.05) is 11.0 Å². The first-order chi connectivity index (χ1) is 6.50. The molecule has 1 aromatic rings. The lowest BCUT2D eigenvalue weighted by atomic mass is 9.87. The fourth-order valence-electron chi connectivity index (χ4n) is 1.71. The van der Waals surface area contributed by atoms with E-state index in [0.717, 1.165) is 4.60 Å². The standard InChI is InChI=1S/C11H15BrN2/c1-11(2,3)9-8(7-4-5-7)10(12)14-6-13-9/h6-7H,4-5H2,1-3H3.